The summed E-state index contributed by atoms with van der Waals surface area (Å²) in [7, 11) is 0. The standard InChI is InChI=1S/C17H33NOS2/c1-13(2)17(20-9-6-10-21-17)12-16(19)15(18)11-14-7-4-3-5-8-14/h13-16,19H,3-12,18H2,1-2H3/t15-,16?/m0/s1. The molecule has 1 unspecified atom stereocenters. The van der Waals surface area contributed by atoms with Crippen molar-refractivity contribution in [2.75, 3.05) is 11.5 Å². The molecule has 2 rings (SSSR count). The summed E-state index contributed by atoms with van der Waals surface area (Å²) in [6.45, 7) is 4.59. The Labute approximate surface area is 139 Å². The minimum atomic E-state index is -0.340. The predicted molar refractivity (Wildman–Crippen MR) is 96.9 cm³/mol. The topological polar surface area (TPSA) is 46.2 Å². The van der Waals surface area contributed by atoms with Crippen LogP contribution in [0, 0.1) is 11.8 Å². The fraction of sp³-hybridized carbons (Fsp3) is 1.00. The van der Waals surface area contributed by atoms with Crippen molar-refractivity contribution in [1.29, 1.82) is 0 Å². The fourth-order valence-electron chi connectivity index (χ4n) is 3.69. The number of thioether (sulfide) groups is 2. The van der Waals surface area contributed by atoms with E-state index in [1.807, 2.05) is 0 Å². The second-order valence-electron chi connectivity index (χ2n) is 7.19. The highest BCUT2D eigenvalue weighted by molar-refractivity contribution is 8.18. The van der Waals surface area contributed by atoms with Crippen LogP contribution in [-0.2, 0) is 0 Å². The third kappa shape index (κ3) is 5.05. The van der Waals surface area contributed by atoms with Crippen LogP contribution in [0.15, 0.2) is 0 Å². The van der Waals surface area contributed by atoms with Crippen LogP contribution in [0.2, 0.25) is 0 Å². The van der Waals surface area contributed by atoms with Gasteiger partial charge in [-0.25, -0.2) is 0 Å². The Hall–Kier alpha value is 0.620. The maximum absolute atomic E-state index is 10.7. The second-order valence-corrected chi connectivity index (χ2v) is 10.3. The van der Waals surface area contributed by atoms with Crippen LogP contribution in [0.3, 0.4) is 0 Å². The van der Waals surface area contributed by atoms with E-state index in [2.05, 4.69) is 37.4 Å². The minimum Gasteiger partial charge on any atom is -0.391 e. The van der Waals surface area contributed by atoms with Gasteiger partial charge in [-0.2, -0.15) is 0 Å². The number of hydrogen-bond acceptors (Lipinski definition) is 4. The molecule has 0 radical (unpaired) electrons. The lowest BCUT2D eigenvalue weighted by atomic mass is 9.83. The summed E-state index contributed by atoms with van der Waals surface area (Å²) in [5.41, 5.74) is 6.36. The van der Waals surface area contributed by atoms with E-state index in [0.717, 1.165) is 18.8 Å². The van der Waals surface area contributed by atoms with Gasteiger partial charge < -0.3 is 10.8 Å². The lowest BCUT2D eigenvalue weighted by molar-refractivity contribution is 0.111. The number of rotatable bonds is 6. The first kappa shape index (κ1) is 18.0. The van der Waals surface area contributed by atoms with Crippen molar-refractivity contribution in [3.63, 3.8) is 0 Å². The summed E-state index contributed by atoms with van der Waals surface area (Å²) in [6, 6.07) is -0.0353. The third-order valence-corrected chi connectivity index (χ3v) is 9.13. The van der Waals surface area contributed by atoms with Crippen LogP contribution in [-0.4, -0.2) is 32.8 Å². The molecule has 1 saturated carbocycles. The van der Waals surface area contributed by atoms with Gasteiger partial charge in [0.25, 0.3) is 0 Å². The Morgan fingerprint density at radius 1 is 1.10 bits per heavy atom. The van der Waals surface area contributed by atoms with Crippen molar-refractivity contribution in [2.24, 2.45) is 17.6 Å². The molecule has 2 aliphatic rings. The van der Waals surface area contributed by atoms with Crippen LogP contribution in [0.4, 0.5) is 0 Å². The second kappa shape index (κ2) is 8.47. The van der Waals surface area contributed by atoms with Gasteiger partial charge >= 0.3 is 0 Å². The van der Waals surface area contributed by atoms with E-state index in [0.29, 0.717) is 5.92 Å². The molecule has 2 atom stereocenters. The molecule has 1 heterocycles. The number of nitrogens with two attached hydrogens (primary N) is 1. The van der Waals surface area contributed by atoms with Gasteiger partial charge in [0, 0.05) is 6.04 Å². The molecule has 0 aromatic rings. The predicted octanol–water partition coefficient (Wildman–Crippen LogP) is 4.26. The van der Waals surface area contributed by atoms with Crippen molar-refractivity contribution in [1.82, 2.24) is 0 Å². The van der Waals surface area contributed by atoms with E-state index < -0.39 is 0 Å². The van der Waals surface area contributed by atoms with Gasteiger partial charge in [-0.3, -0.25) is 0 Å². The lowest BCUT2D eigenvalue weighted by Gasteiger charge is -2.42. The summed E-state index contributed by atoms with van der Waals surface area (Å²) in [5.74, 6) is 3.81. The molecule has 1 aliphatic heterocycles. The zero-order valence-corrected chi connectivity index (χ0v) is 15.4. The van der Waals surface area contributed by atoms with Crippen LogP contribution in [0.25, 0.3) is 0 Å². The summed E-state index contributed by atoms with van der Waals surface area (Å²) in [5, 5.41) is 10.7. The molecule has 0 amide bonds. The molecule has 3 N–H and O–H groups in total. The molecule has 21 heavy (non-hydrogen) atoms. The van der Waals surface area contributed by atoms with Gasteiger partial charge in [0.1, 0.15) is 0 Å². The normalized spacial score (nSPS) is 26.7. The van der Waals surface area contributed by atoms with Crippen LogP contribution < -0.4 is 5.73 Å². The first-order valence-corrected chi connectivity index (χ1v) is 10.7. The summed E-state index contributed by atoms with van der Waals surface area (Å²) < 4.78 is 0.182. The SMILES string of the molecule is CC(C)C1(CC(O)[C@@H](N)CC2CCCCC2)SCCCS1. The summed E-state index contributed by atoms with van der Waals surface area (Å²) >= 11 is 4.12. The maximum atomic E-state index is 10.7. The zero-order valence-electron chi connectivity index (χ0n) is 13.7. The summed E-state index contributed by atoms with van der Waals surface area (Å²) in [6.07, 6.45) is 9.57. The molecular weight excluding hydrogens is 298 g/mol. The Balaban J connectivity index is 1.86. The smallest absolute Gasteiger partial charge is 0.0712 e. The van der Waals surface area contributed by atoms with Crippen molar-refractivity contribution < 1.29 is 5.11 Å². The van der Waals surface area contributed by atoms with Gasteiger partial charge in [-0.15, -0.1) is 23.5 Å². The first-order valence-electron chi connectivity index (χ1n) is 8.75. The monoisotopic (exact) mass is 331 g/mol. The molecular formula is C17H33NOS2. The lowest BCUT2D eigenvalue weighted by Crippen LogP contribution is -2.43. The number of hydrogen-bond donors (Lipinski definition) is 2. The van der Waals surface area contributed by atoms with E-state index in [-0.39, 0.29) is 16.2 Å². The molecule has 0 bridgehead atoms. The Bertz CT molecular complexity index is 299. The van der Waals surface area contributed by atoms with Crippen molar-refractivity contribution >= 4 is 23.5 Å². The molecule has 4 heteroatoms. The average molecular weight is 332 g/mol. The molecule has 0 spiro atoms. The number of aliphatic hydroxyl groups excluding tert-OH is 1. The average Bonchev–Trinajstić information content (AvgIpc) is 2.49. The third-order valence-electron chi connectivity index (χ3n) is 5.18. The Morgan fingerprint density at radius 2 is 1.71 bits per heavy atom. The maximum Gasteiger partial charge on any atom is 0.0712 e. The van der Waals surface area contributed by atoms with Crippen LogP contribution >= 0.6 is 23.5 Å². The largest absolute Gasteiger partial charge is 0.391 e. The fourth-order valence-corrected chi connectivity index (χ4v) is 7.21. The van der Waals surface area contributed by atoms with E-state index >= 15 is 0 Å². The van der Waals surface area contributed by atoms with E-state index in [1.54, 1.807) is 0 Å². The van der Waals surface area contributed by atoms with Gasteiger partial charge in [0.05, 0.1) is 10.2 Å². The molecule has 0 aromatic heterocycles. The van der Waals surface area contributed by atoms with E-state index in [1.165, 1.54) is 50.0 Å². The Kier molecular flexibility index (Phi) is 7.24. The van der Waals surface area contributed by atoms with Gasteiger partial charge in [0.15, 0.2) is 0 Å². The van der Waals surface area contributed by atoms with Gasteiger partial charge in [-0.1, -0.05) is 46.0 Å². The quantitative estimate of drug-likeness (QED) is 0.763. The Morgan fingerprint density at radius 3 is 2.29 bits per heavy atom. The van der Waals surface area contributed by atoms with E-state index in [4.69, 9.17) is 5.73 Å². The number of aliphatic hydroxyl groups is 1. The molecule has 1 saturated heterocycles. The molecule has 2 nitrogen and oxygen atoms in total. The molecule has 0 aromatic carbocycles. The highest BCUT2D eigenvalue weighted by Gasteiger charge is 2.40. The first-order chi connectivity index (χ1) is 10.0. The molecule has 124 valence electrons. The van der Waals surface area contributed by atoms with Crippen molar-refractivity contribution in [2.45, 2.75) is 81.4 Å². The molecule has 1 aliphatic carbocycles. The van der Waals surface area contributed by atoms with Crippen molar-refractivity contribution in [3.8, 4) is 0 Å². The van der Waals surface area contributed by atoms with Gasteiger partial charge in [0.2, 0.25) is 0 Å². The van der Waals surface area contributed by atoms with Gasteiger partial charge in [-0.05, 0) is 42.6 Å². The van der Waals surface area contributed by atoms with Crippen LogP contribution in [0.1, 0.15) is 65.2 Å². The molecule has 2 fully saturated rings. The highest BCUT2D eigenvalue weighted by Crippen LogP contribution is 2.50. The van der Waals surface area contributed by atoms with Crippen LogP contribution in [0.5, 0.6) is 0 Å². The van der Waals surface area contributed by atoms with E-state index in [9.17, 15) is 5.11 Å². The van der Waals surface area contributed by atoms with Crippen molar-refractivity contribution in [3.05, 3.63) is 0 Å². The summed E-state index contributed by atoms with van der Waals surface area (Å²) in [4.78, 5) is 0. The minimum absolute atomic E-state index is 0.0353. The zero-order chi connectivity index (χ0) is 15.3. The highest BCUT2D eigenvalue weighted by atomic mass is 32.2.